The molecule has 0 radical (unpaired) electrons. The Morgan fingerprint density at radius 3 is 2.43 bits per heavy atom. The van der Waals surface area contributed by atoms with Crippen LogP contribution in [0.1, 0.15) is 81.3 Å². The Hall–Kier alpha value is -3.30. The summed E-state index contributed by atoms with van der Waals surface area (Å²) in [6, 6.07) is 14.0. The van der Waals surface area contributed by atoms with Crippen molar-refractivity contribution in [3.63, 3.8) is 0 Å². The van der Waals surface area contributed by atoms with Crippen LogP contribution in [-0.2, 0) is 11.1 Å². The van der Waals surface area contributed by atoms with E-state index in [1.54, 1.807) is 12.1 Å². The first-order chi connectivity index (χ1) is 19.7. The third kappa shape index (κ3) is 6.08. The summed E-state index contributed by atoms with van der Waals surface area (Å²) in [5.74, 6) is 0.572. The summed E-state index contributed by atoms with van der Waals surface area (Å²) in [7, 11) is 0. The lowest BCUT2D eigenvalue weighted by Crippen LogP contribution is -2.51. The lowest BCUT2D eigenvalue weighted by atomic mass is 9.88. The highest BCUT2D eigenvalue weighted by atomic mass is 32.2. The second-order valence-corrected chi connectivity index (χ2v) is 14.5. The third-order valence-corrected chi connectivity index (χ3v) is 9.74. The van der Waals surface area contributed by atoms with Crippen LogP contribution in [0.5, 0.6) is 5.88 Å². The summed E-state index contributed by atoms with van der Waals surface area (Å²) in [5.41, 5.74) is 10.4. The number of nitrogen functional groups attached to an aromatic ring is 1. The van der Waals surface area contributed by atoms with Crippen molar-refractivity contribution >= 4 is 22.9 Å². The average Bonchev–Trinajstić information content (AvgIpc) is 3.81. The van der Waals surface area contributed by atoms with Crippen molar-refractivity contribution < 1.29 is 23.3 Å². The van der Waals surface area contributed by atoms with Gasteiger partial charge in [-0.15, -0.1) is 0 Å². The van der Waals surface area contributed by atoms with E-state index < -0.39 is 11.1 Å². The van der Waals surface area contributed by atoms with E-state index >= 15 is 0 Å². The number of carbonyl (C=O) groups is 1. The maximum Gasteiger partial charge on any atom is 0.390 e. The minimum absolute atomic E-state index is 0.0524. The zero-order chi connectivity index (χ0) is 30.4. The van der Waals surface area contributed by atoms with E-state index in [1.807, 2.05) is 43.0 Å². The molecule has 3 aromatic rings. The summed E-state index contributed by atoms with van der Waals surface area (Å²) in [4.78, 5) is 24.0. The maximum absolute atomic E-state index is 14.3. The molecule has 0 saturated heterocycles. The van der Waals surface area contributed by atoms with Crippen LogP contribution in [0.25, 0.3) is 11.3 Å². The number of H-pyrrole nitrogens is 1. The molecular formula is C33H42N4O4S. The summed E-state index contributed by atoms with van der Waals surface area (Å²) in [6.45, 7) is 13.1. The smallest absolute Gasteiger partial charge is 0.390 e. The fourth-order valence-corrected chi connectivity index (χ4v) is 6.87. The van der Waals surface area contributed by atoms with Crippen molar-refractivity contribution in [3.8, 4) is 17.1 Å². The van der Waals surface area contributed by atoms with Gasteiger partial charge in [-0.25, -0.2) is 4.98 Å². The predicted molar refractivity (Wildman–Crippen MR) is 163 cm³/mol. The Kier molecular flexibility index (Phi) is 7.96. The summed E-state index contributed by atoms with van der Waals surface area (Å²) in [5, 5.41) is 0. The predicted octanol–water partition coefficient (Wildman–Crippen LogP) is 5.66. The molecule has 1 amide bonds. The quantitative estimate of drug-likeness (QED) is 0.304. The number of nitrogens with zero attached hydrogens (tertiary/aromatic N) is 2. The molecule has 1 heterocycles. The molecule has 1 spiro atoms. The van der Waals surface area contributed by atoms with Gasteiger partial charge in [0, 0.05) is 21.6 Å². The molecule has 3 atom stereocenters. The number of carbonyl (C=O) groups excluding carboxylic acids is 1. The monoisotopic (exact) mass is 590 g/mol. The van der Waals surface area contributed by atoms with Gasteiger partial charge in [-0.1, -0.05) is 50.0 Å². The minimum Gasteiger partial charge on any atom is -0.768 e. The van der Waals surface area contributed by atoms with Crippen LogP contribution in [0.2, 0.25) is 0 Å². The van der Waals surface area contributed by atoms with Crippen LogP contribution in [0.15, 0.2) is 53.4 Å². The van der Waals surface area contributed by atoms with E-state index in [-0.39, 0.29) is 45.8 Å². The van der Waals surface area contributed by atoms with Gasteiger partial charge in [0.1, 0.15) is 6.61 Å². The molecule has 224 valence electrons. The largest absolute Gasteiger partial charge is 0.768 e. The van der Waals surface area contributed by atoms with Gasteiger partial charge in [-0.2, -0.15) is 0 Å². The SMILES string of the molecule is Cc1cccc(C)c1-c1cc(OC[C@@H](CCC(C)(C)C)N(C(=O)c2cccc(S(=O)[O-])c2)[C@]2(C)CC23CC3)[nH+]c(N)n1. The lowest BCUT2D eigenvalue weighted by molar-refractivity contribution is -0.381. The number of amides is 1. The van der Waals surface area contributed by atoms with Crippen molar-refractivity contribution in [2.75, 3.05) is 12.3 Å². The molecular weight excluding hydrogens is 548 g/mol. The van der Waals surface area contributed by atoms with Crippen LogP contribution in [-0.4, -0.2) is 42.7 Å². The van der Waals surface area contributed by atoms with Gasteiger partial charge in [-0.3, -0.25) is 14.7 Å². The second-order valence-electron chi connectivity index (χ2n) is 13.5. The maximum atomic E-state index is 14.3. The topological polar surface area (TPSA) is 123 Å². The number of anilines is 1. The standard InChI is InChI=1S/C33H42N4O4S/c1-21-9-7-10-22(2)28(21)26-18-27(36-30(34)35-26)41-19-24(13-14-31(3,4)5)37(32(6)20-33(32)15-16-33)29(38)23-11-8-12-25(17-23)42(39)40/h7-12,17-18,24H,13-16,19-20H2,1-6H3,(H,39,40)(H2,34,35,36)/t24-,32-/m1/s1. The number of ether oxygens (including phenoxy) is 1. The Bertz CT molecular complexity index is 1510. The first kappa shape index (κ1) is 30.2. The van der Waals surface area contributed by atoms with Crippen molar-refractivity contribution in [1.29, 1.82) is 0 Å². The van der Waals surface area contributed by atoms with Crippen molar-refractivity contribution in [2.45, 2.75) is 90.1 Å². The Morgan fingerprint density at radius 2 is 1.83 bits per heavy atom. The fraction of sp³-hybridized carbons (Fsp3) is 0.485. The molecule has 8 nitrogen and oxygen atoms in total. The molecule has 2 aromatic carbocycles. The van der Waals surface area contributed by atoms with Crippen molar-refractivity contribution in [1.82, 2.24) is 9.88 Å². The number of hydrogen-bond donors (Lipinski definition) is 1. The number of aromatic amines is 1. The first-order valence-electron chi connectivity index (χ1n) is 14.7. The third-order valence-electron chi connectivity index (χ3n) is 9.10. The van der Waals surface area contributed by atoms with E-state index in [0.717, 1.165) is 54.5 Å². The van der Waals surface area contributed by atoms with Crippen LogP contribution < -0.4 is 15.5 Å². The number of rotatable bonds is 10. The molecule has 42 heavy (non-hydrogen) atoms. The Labute approximate surface area is 251 Å². The van der Waals surface area contributed by atoms with E-state index in [2.05, 4.69) is 37.7 Å². The average molecular weight is 591 g/mol. The molecule has 2 aliphatic rings. The summed E-state index contributed by atoms with van der Waals surface area (Å²) < 4.78 is 29.8. The number of nitrogens with two attached hydrogens (primary N) is 1. The van der Waals surface area contributed by atoms with Crippen LogP contribution in [0.4, 0.5) is 5.95 Å². The van der Waals surface area contributed by atoms with Gasteiger partial charge in [0.15, 0.2) is 5.69 Å². The zero-order valence-corrected chi connectivity index (χ0v) is 26.3. The van der Waals surface area contributed by atoms with E-state index in [9.17, 15) is 13.6 Å². The van der Waals surface area contributed by atoms with E-state index in [4.69, 9.17) is 10.5 Å². The first-order valence-corrected chi connectivity index (χ1v) is 15.7. The molecule has 2 fully saturated rings. The highest BCUT2D eigenvalue weighted by molar-refractivity contribution is 7.79. The Balaban J connectivity index is 1.49. The molecule has 2 saturated carbocycles. The van der Waals surface area contributed by atoms with Crippen molar-refractivity contribution in [2.24, 2.45) is 10.8 Å². The van der Waals surface area contributed by atoms with E-state index in [0.29, 0.717) is 11.4 Å². The van der Waals surface area contributed by atoms with Crippen molar-refractivity contribution in [3.05, 3.63) is 65.2 Å². The van der Waals surface area contributed by atoms with Gasteiger partial charge >= 0.3 is 5.95 Å². The number of aromatic nitrogens is 2. The van der Waals surface area contributed by atoms with E-state index in [1.165, 1.54) is 12.1 Å². The molecule has 0 aliphatic heterocycles. The molecule has 1 aromatic heterocycles. The highest BCUT2D eigenvalue weighted by Crippen LogP contribution is 2.75. The molecule has 3 N–H and O–H groups in total. The second kappa shape index (κ2) is 11.1. The van der Waals surface area contributed by atoms with Crippen LogP contribution in [0.3, 0.4) is 0 Å². The summed E-state index contributed by atoms with van der Waals surface area (Å²) in [6.07, 6.45) is 4.75. The normalized spacial score (nSPS) is 20.2. The van der Waals surface area contributed by atoms with Gasteiger partial charge in [0.05, 0.1) is 12.1 Å². The van der Waals surface area contributed by atoms with Gasteiger partial charge in [0.25, 0.3) is 11.8 Å². The number of hydrogen-bond acceptors (Lipinski definition) is 6. The van der Waals surface area contributed by atoms with Crippen LogP contribution >= 0.6 is 0 Å². The molecule has 1 unspecified atom stereocenters. The summed E-state index contributed by atoms with van der Waals surface area (Å²) >= 11 is -2.42. The fourth-order valence-electron chi connectivity index (χ4n) is 6.46. The number of nitrogens with one attached hydrogen (secondary N) is 1. The van der Waals surface area contributed by atoms with Crippen LogP contribution in [0, 0.1) is 24.7 Å². The number of benzene rings is 2. The lowest BCUT2D eigenvalue weighted by Gasteiger charge is -2.39. The van der Waals surface area contributed by atoms with Gasteiger partial charge in [-0.05, 0) is 104 Å². The number of aryl methyl sites for hydroxylation is 2. The van der Waals surface area contributed by atoms with Gasteiger partial charge < -0.3 is 14.2 Å². The molecule has 5 rings (SSSR count). The molecule has 0 bridgehead atoms. The van der Waals surface area contributed by atoms with Gasteiger partial charge in [0.2, 0.25) is 0 Å². The molecule has 9 heteroatoms. The Morgan fingerprint density at radius 1 is 1.17 bits per heavy atom. The highest BCUT2D eigenvalue weighted by Gasteiger charge is 2.75. The minimum atomic E-state index is -2.42. The zero-order valence-electron chi connectivity index (χ0n) is 25.5. The molecule has 2 aliphatic carbocycles.